The van der Waals surface area contributed by atoms with Crippen LogP contribution in [0.2, 0.25) is 0 Å². The summed E-state index contributed by atoms with van der Waals surface area (Å²) in [5.74, 6) is -2.06. The van der Waals surface area contributed by atoms with Gasteiger partial charge in [0.05, 0.1) is 12.6 Å². The van der Waals surface area contributed by atoms with Crippen molar-refractivity contribution in [2.24, 2.45) is 0 Å². The molecule has 0 aromatic heterocycles. The fourth-order valence-corrected chi connectivity index (χ4v) is 2.49. The maximum absolute atomic E-state index is 13.6. The second-order valence-corrected chi connectivity index (χ2v) is 5.16. The Hall–Kier alpha value is -1.49. The molecule has 0 aliphatic carbocycles. The summed E-state index contributed by atoms with van der Waals surface area (Å²) >= 11 is 0. The minimum Gasteiger partial charge on any atom is -0.386 e. The van der Waals surface area contributed by atoms with Gasteiger partial charge in [0, 0.05) is 18.5 Å². The van der Waals surface area contributed by atoms with Crippen LogP contribution in [0.1, 0.15) is 43.8 Å². The second-order valence-electron chi connectivity index (χ2n) is 5.16. The highest BCUT2D eigenvalue weighted by atomic mass is 19.2. The molecule has 0 radical (unpaired) electrons. The van der Waals surface area contributed by atoms with Gasteiger partial charge in [0.25, 0.3) is 0 Å². The van der Waals surface area contributed by atoms with Crippen molar-refractivity contribution in [1.29, 1.82) is 0 Å². The van der Waals surface area contributed by atoms with Crippen LogP contribution in [-0.4, -0.2) is 29.0 Å². The summed E-state index contributed by atoms with van der Waals surface area (Å²) in [5.41, 5.74) is -0.0974. The average Bonchev–Trinajstić information content (AvgIpc) is 2.41. The lowest BCUT2D eigenvalue weighted by Gasteiger charge is -2.27. The highest BCUT2D eigenvalue weighted by molar-refractivity contribution is 5.76. The van der Waals surface area contributed by atoms with Crippen molar-refractivity contribution >= 4 is 5.91 Å². The molecule has 1 amide bonds. The van der Waals surface area contributed by atoms with Gasteiger partial charge in [0.15, 0.2) is 11.6 Å². The van der Waals surface area contributed by atoms with E-state index in [9.17, 15) is 18.7 Å². The van der Waals surface area contributed by atoms with E-state index in [1.54, 1.807) is 4.90 Å². The zero-order valence-corrected chi connectivity index (χ0v) is 11.3. The maximum Gasteiger partial charge on any atom is 0.222 e. The van der Waals surface area contributed by atoms with Gasteiger partial charge >= 0.3 is 0 Å². The van der Waals surface area contributed by atoms with E-state index in [-0.39, 0.29) is 18.0 Å². The predicted octanol–water partition coefficient (Wildman–Crippen LogP) is 2.79. The van der Waals surface area contributed by atoms with E-state index < -0.39 is 17.7 Å². The molecule has 0 saturated carbocycles. The molecule has 0 bridgehead atoms. The van der Waals surface area contributed by atoms with Crippen molar-refractivity contribution in [3.05, 3.63) is 35.4 Å². The van der Waals surface area contributed by atoms with E-state index >= 15 is 0 Å². The number of aliphatic hydroxyl groups is 1. The van der Waals surface area contributed by atoms with Crippen LogP contribution < -0.4 is 0 Å². The first kappa shape index (κ1) is 14.9. The van der Waals surface area contributed by atoms with Crippen LogP contribution in [0.5, 0.6) is 0 Å². The molecule has 1 heterocycles. The Labute approximate surface area is 117 Å². The maximum atomic E-state index is 13.6. The van der Waals surface area contributed by atoms with Gasteiger partial charge in [-0.05, 0) is 18.9 Å². The lowest BCUT2D eigenvalue weighted by molar-refractivity contribution is -0.133. The zero-order valence-electron chi connectivity index (χ0n) is 11.3. The van der Waals surface area contributed by atoms with E-state index in [1.807, 2.05) is 0 Å². The summed E-state index contributed by atoms with van der Waals surface area (Å²) < 4.78 is 26.8. The molecule has 1 atom stereocenters. The number of amides is 1. The van der Waals surface area contributed by atoms with Gasteiger partial charge in [0.2, 0.25) is 5.91 Å². The van der Waals surface area contributed by atoms with E-state index in [0.29, 0.717) is 13.0 Å². The summed E-state index contributed by atoms with van der Waals surface area (Å²) in [6.45, 7) is 0.575. The smallest absolute Gasteiger partial charge is 0.222 e. The molecule has 1 saturated heterocycles. The van der Waals surface area contributed by atoms with Crippen LogP contribution >= 0.6 is 0 Å². The van der Waals surface area contributed by atoms with Gasteiger partial charge in [0.1, 0.15) is 0 Å². The van der Waals surface area contributed by atoms with Gasteiger partial charge in [-0.25, -0.2) is 8.78 Å². The zero-order chi connectivity index (χ0) is 14.5. The molecule has 0 spiro atoms. The van der Waals surface area contributed by atoms with Crippen LogP contribution in [-0.2, 0) is 4.79 Å². The predicted molar refractivity (Wildman–Crippen MR) is 71.0 cm³/mol. The van der Waals surface area contributed by atoms with Gasteiger partial charge < -0.3 is 10.0 Å². The Balaban J connectivity index is 2.07. The van der Waals surface area contributed by atoms with E-state index in [2.05, 4.69) is 0 Å². The van der Waals surface area contributed by atoms with Crippen molar-refractivity contribution in [1.82, 2.24) is 4.90 Å². The SMILES string of the molecule is O=C1CCCCCCN1CC(O)c1cccc(F)c1F. The van der Waals surface area contributed by atoms with Crippen LogP contribution in [0.3, 0.4) is 0 Å². The lowest BCUT2D eigenvalue weighted by Crippen LogP contribution is -2.36. The first-order valence-corrected chi connectivity index (χ1v) is 6.99. The molecule has 1 unspecified atom stereocenters. The first-order chi connectivity index (χ1) is 9.59. The van der Waals surface area contributed by atoms with Gasteiger partial charge in [-0.15, -0.1) is 0 Å². The number of carbonyl (C=O) groups excluding carboxylic acids is 1. The van der Waals surface area contributed by atoms with Gasteiger partial charge in [-0.3, -0.25) is 4.79 Å². The Kier molecular flexibility index (Phi) is 5.06. The average molecular weight is 283 g/mol. The number of hydrogen-bond acceptors (Lipinski definition) is 2. The molecule has 20 heavy (non-hydrogen) atoms. The molecule has 5 heteroatoms. The van der Waals surface area contributed by atoms with E-state index in [4.69, 9.17) is 0 Å². The number of aliphatic hydroxyl groups excluding tert-OH is 1. The molecule has 110 valence electrons. The van der Waals surface area contributed by atoms with Crippen molar-refractivity contribution in [3.8, 4) is 0 Å². The monoisotopic (exact) mass is 283 g/mol. The summed E-state index contributed by atoms with van der Waals surface area (Å²) in [4.78, 5) is 13.5. The number of halogens is 2. The Morgan fingerprint density at radius 1 is 1.20 bits per heavy atom. The number of likely N-dealkylation sites (tertiary alicyclic amines) is 1. The molecule has 1 aromatic carbocycles. The second kappa shape index (κ2) is 6.79. The molecular formula is C15H19F2NO2. The van der Waals surface area contributed by atoms with Crippen molar-refractivity contribution in [2.45, 2.75) is 38.2 Å². The molecular weight excluding hydrogens is 264 g/mol. The van der Waals surface area contributed by atoms with Crippen LogP contribution in [0.15, 0.2) is 18.2 Å². The number of rotatable bonds is 3. The van der Waals surface area contributed by atoms with Gasteiger partial charge in [-0.2, -0.15) is 0 Å². The largest absolute Gasteiger partial charge is 0.386 e. The molecule has 2 rings (SSSR count). The quantitative estimate of drug-likeness (QED) is 0.926. The minimum atomic E-state index is -1.20. The number of carbonyl (C=O) groups is 1. The summed E-state index contributed by atoms with van der Waals surface area (Å²) in [5, 5.41) is 10.1. The summed E-state index contributed by atoms with van der Waals surface area (Å²) in [7, 11) is 0. The Morgan fingerprint density at radius 2 is 1.95 bits per heavy atom. The van der Waals surface area contributed by atoms with Crippen molar-refractivity contribution < 1.29 is 18.7 Å². The first-order valence-electron chi connectivity index (χ1n) is 6.99. The molecule has 1 aromatic rings. The van der Waals surface area contributed by atoms with E-state index in [0.717, 1.165) is 31.7 Å². The van der Waals surface area contributed by atoms with E-state index in [1.165, 1.54) is 12.1 Å². The Morgan fingerprint density at radius 3 is 2.75 bits per heavy atom. The van der Waals surface area contributed by atoms with Crippen LogP contribution in [0.4, 0.5) is 8.78 Å². The summed E-state index contributed by atoms with van der Waals surface area (Å²) in [6.07, 6.45) is 3.07. The standard InChI is InChI=1S/C15H19F2NO2/c16-12-7-5-6-11(15(12)17)13(19)10-18-9-4-2-1-3-8-14(18)20/h5-7,13,19H,1-4,8-10H2. The fraction of sp³-hybridized carbons (Fsp3) is 0.533. The van der Waals surface area contributed by atoms with Crippen LogP contribution in [0, 0.1) is 11.6 Å². The summed E-state index contributed by atoms with van der Waals surface area (Å²) in [6, 6.07) is 3.71. The number of nitrogens with zero attached hydrogens (tertiary/aromatic N) is 1. The Bertz CT molecular complexity index is 479. The van der Waals surface area contributed by atoms with Crippen molar-refractivity contribution in [3.63, 3.8) is 0 Å². The third-order valence-electron chi connectivity index (χ3n) is 3.66. The molecule has 1 aliphatic rings. The van der Waals surface area contributed by atoms with Gasteiger partial charge in [-0.1, -0.05) is 25.0 Å². The number of benzene rings is 1. The normalized spacial score (nSPS) is 18.6. The van der Waals surface area contributed by atoms with Crippen molar-refractivity contribution in [2.75, 3.05) is 13.1 Å². The molecule has 1 aliphatic heterocycles. The minimum absolute atomic E-state index is 0.0131. The highest BCUT2D eigenvalue weighted by Crippen LogP contribution is 2.21. The third-order valence-corrected chi connectivity index (χ3v) is 3.66. The van der Waals surface area contributed by atoms with Crippen LogP contribution in [0.25, 0.3) is 0 Å². The fourth-order valence-electron chi connectivity index (χ4n) is 2.49. The topological polar surface area (TPSA) is 40.5 Å². The molecule has 3 nitrogen and oxygen atoms in total. The highest BCUT2D eigenvalue weighted by Gasteiger charge is 2.22. The third kappa shape index (κ3) is 3.54. The molecule has 1 fully saturated rings. The number of β-amino-alcohol motifs (C(OH)–C–C–N with tert-alkyl or cyclic N) is 1. The molecule has 1 N–H and O–H groups in total. The lowest BCUT2D eigenvalue weighted by atomic mass is 10.0. The number of hydrogen-bond donors (Lipinski definition) is 1.